The average Bonchev–Trinajstić information content (AvgIpc) is 2.65. The maximum atomic E-state index is 11.5. The van der Waals surface area contributed by atoms with Crippen LogP contribution in [0.3, 0.4) is 0 Å². The topological polar surface area (TPSA) is 71.3 Å². The lowest BCUT2D eigenvalue weighted by Crippen LogP contribution is -2.34. The van der Waals surface area contributed by atoms with Gasteiger partial charge < -0.3 is 15.0 Å². The third-order valence-corrected chi connectivity index (χ3v) is 2.34. The van der Waals surface area contributed by atoms with E-state index in [1.165, 1.54) is 12.3 Å². The molecule has 0 fully saturated rings. The van der Waals surface area contributed by atoms with Crippen molar-refractivity contribution in [2.24, 2.45) is 0 Å². The van der Waals surface area contributed by atoms with Gasteiger partial charge in [-0.2, -0.15) is 0 Å². The number of nitrogens with zero attached hydrogens (tertiary/aromatic N) is 1. The minimum absolute atomic E-state index is 0.109. The number of aromatic carboxylic acids is 1. The predicted octanol–water partition coefficient (Wildman–Crippen LogP) is 1.10. The molecule has 0 aliphatic carbocycles. The molecule has 1 amide bonds. The van der Waals surface area contributed by atoms with Crippen molar-refractivity contribution >= 4 is 11.9 Å². The summed E-state index contributed by atoms with van der Waals surface area (Å²) in [7, 11) is 0. The molecule has 0 aliphatic heterocycles. The first-order valence-electron chi connectivity index (χ1n) is 5.21. The van der Waals surface area contributed by atoms with Gasteiger partial charge in [0.1, 0.15) is 6.54 Å². The van der Waals surface area contributed by atoms with E-state index in [1.807, 2.05) is 13.8 Å². The average molecular weight is 224 g/mol. The van der Waals surface area contributed by atoms with Crippen LogP contribution in [0.25, 0.3) is 0 Å². The van der Waals surface area contributed by atoms with Gasteiger partial charge in [0.25, 0.3) is 0 Å². The Kier molecular flexibility index (Phi) is 4.10. The normalized spacial score (nSPS) is 12.1. The maximum Gasteiger partial charge on any atom is 0.337 e. The van der Waals surface area contributed by atoms with E-state index in [-0.39, 0.29) is 24.1 Å². The van der Waals surface area contributed by atoms with Gasteiger partial charge in [-0.3, -0.25) is 4.79 Å². The van der Waals surface area contributed by atoms with Crippen LogP contribution >= 0.6 is 0 Å². The molecule has 0 bridgehead atoms. The molecule has 0 aromatic carbocycles. The largest absolute Gasteiger partial charge is 0.478 e. The summed E-state index contributed by atoms with van der Waals surface area (Å²) in [5, 5.41) is 11.5. The highest BCUT2D eigenvalue weighted by Crippen LogP contribution is 2.01. The molecule has 1 aromatic heterocycles. The number of rotatable bonds is 5. The van der Waals surface area contributed by atoms with Crippen LogP contribution in [0.5, 0.6) is 0 Å². The van der Waals surface area contributed by atoms with E-state index in [1.54, 1.807) is 10.8 Å². The zero-order valence-corrected chi connectivity index (χ0v) is 9.43. The molecule has 88 valence electrons. The fourth-order valence-corrected chi connectivity index (χ4v) is 1.25. The smallest absolute Gasteiger partial charge is 0.337 e. The van der Waals surface area contributed by atoms with Crippen LogP contribution in [0, 0.1) is 0 Å². The first kappa shape index (κ1) is 12.3. The van der Waals surface area contributed by atoms with Crippen molar-refractivity contribution in [3.63, 3.8) is 0 Å². The Bertz CT molecular complexity index is 384. The lowest BCUT2D eigenvalue weighted by Gasteiger charge is -2.11. The van der Waals surface area contributed by atoms with Crippen LogP contribution in [0.1, 0.15) is 30.6 Å². The summed E-state index contributed by atoms with van der Waals surface area (Å²) in [6.07, 6.45) is 3.90. The fraction of sp³-hybridized carbons (Fsp3) is 0.455. The number of carbonyl (C=O) groups is 2. The number of carboxylic acid groups (broad SMARTS) is 1. The maximum absolute atomic E-state index is 11.5. The molecule has 1 rings (SSSR count). The van der Waals surface area contributed by atoms with Crippen molar-refractivity contribution in [2.75, 3.05) is 0 Å². The second-order valence-electron chi connectivity index (χ2n) is 3.75. The summed E-state index contributed by atoms with van der Waals surface area (Å²) in [6, 6.07) is 1.61. The van der Waals surface area contributed by atoms with Crippen LogP contribution in [0.15, 0.2) is 18.5 Å². The molecule has 1 heterocycles. The van der Waals surface area contributed by atoms with Crippen molar-refractivity contribution < 1.29 is 14.7 Å². The van der Waals surface area contributed by atoms with Crippen LogP contribution in [0.2, 0.25) is 0 Å². The Hall–Kier alpha value is -1.78. The lowest BCUT2D eigenvalue weighted by molar-refractivity contribution is -0.122. The molecule has 16 heavy (non-hydrogen) atoms. The summed E-state index contributed by atoms with van der Waals surface area (Å²) in [5.41, 5.74) is 0.191. The van der Waals surface area contributed by atoms with E-state index in [0.717, 1.165) is 6.42 Å². The molecule has 0 saturated heterocycles. The summed E-state index contributed by atoms with van der Waals surface area (Å²) >= 11 is 0. The number of nitrogens with one attached hydrogen (secondary N) is 1. The number of hydrogen-bond acceptors (Lipinski definition) is 2. The van der Waals surface area contributed by atoms with Crippen molar-refractivity contribution in [2.45, 2.75) is 32.9 Å². The van der Waals surface area contributed by atoms with Gasteiger partial charge in [-0.05, 0) is 19.4 Å². The van der Waals surface area contributed by atoms with Crippen LogP contribution in [-0.2, 0) is 11.3 Å². The van der Waals surface area contributed by atoms with E-state index < -0.39 is 5.97 Å². The second-order valence-corrected chi connectivity index (χ2v) is 3.75. The molecule has 5 nitrogen and oxygen atoms in total. The minimum Gasteiger partial charge on any atom is -0.478 e. The molecular formula is C11H16N2O3. The summed E-state index contributed by atoms with van der Waals surface area (Å²) in [4.78, 5) is 22.1. The summed E-state index contributed by atoms with van der Waals surface area (Å²) in [5.74, 6) is -1.09. The number of aromatic nitrogens is 1. The van der Waals surface area contributed by atoms with E-state index in [0.29, 0.717) is 0 Å². The standard InChI is InChI=1S/C11H16N2O3/c1-3-8(2)12-10(14)7-13-5-4-9(6-13)11(15)16/h4-6,8H,3,7H2,1-2H3,(H,12,14)(H,15,16). The number of carboxylic acids is 1. The van der Waals surface area contributed by atoms with Gasteiger partial charge in [0, 0.05) is 18.4 Å². The Morgan fingerprint density at radius 3 is 2.75 bits per heavy atom. The Labute approximate surface area is 94.1 Å². The zero-order valence-electron chi connectivity index (χ0n) is 9.43. The van der Waals surface area contributed by atoms with Crippen LogP contribution in [0.4, 0.5) is 0 Å². The Morgan fingerprint density at radius 1 is 1.56 bits per heavy atom. The number of hydrogen-bond donors (Lipinski definition) is 2. The number of carbonyl (C=O) groups excluding carboxylic acids is 1. The molecule has 1 aromatic rings. The van der Waals surface area contributed by atoms with Crippen molar-refractivity contribution in [3.8, 4) is 0 Å². The van der Waals surface area contributed by atoms with Crippen molar-refractivity contribution in [3.05, 3.63) is 24.0 Å². The molecular weight excluding hydrogens is 208 g/mol. The zero-order chi connectivity index (χ0) is 12.1. The molecule has 0 aliphatic rings. The lowest BCUT2D eigenvalue weighted by atomic mass is 10.2. The van der Waals surface area contributed by atoms with Gasteiger partial charge in [0.15, 0.2) is 0 Å². The Balaban J connectivity index is 2.53. The highest BCUT2D eigenvalue weighted by molar-refractivity contribution is 5.87. The highest BCUT2D eigenvalue weighted by atomic mass is 16.4. The molecule has 1 unspecified atom stereocenters. The van der Waals surface area contributed by atoms with E-state index in [4.69, 9.17) is 5.11 Å². The quantitative estimate of drug-likeness (QED) is 0.786. The third kappa shape index (κ3) is 3.42. The van der Waals surface area contributed by atoms with E-state index >= 15 is 0 Å². The molecule has 0 spiro atoms. The molecule has 5 heteroatoms. The van der Waals surface area contributed by atoms with Crippen LogP contribution < -0.4 is 5.32 Å². The van der Waals surface area contributed by atoms with Gasteiger partial charge in [-0.15, -0.1) is 0 Å². The van der Waals surface area contributed by atoms with Gasteiger partial charge in [-0.25, -0.2) is 4.79 Å². The van der Waals surface area contributed by atoms with Gasteiger partial charge in [-0.1, -0.05) is 6.92 Å². The minimum atomic E-state index is -0.985. The van der Waals surface area contributed by atoms with E-state index in [2.05, 4.69) is 5.32 Å². The first-order chi connectivity index (χ1) is 7.52. The Morgan fingerprint density at radius 2 is 2.25 bits per heavy atom. The fourth-order valence-electron chi connectivity index (χ4n) is 1.25. The van der Waals surface area contributed by atoms with Crippen LogP contribution in [-0.4, -0.2) is 27.6 Å². The SMILES string of the molecule is CCC(C)NC(=O)Cn1ccc(C(=O)O)c1. The van der Waals surface area contributed by atoms with Crippen molar-refractivity contribution in [1.29, 1.82) is 0 Å². The van der Waals surface area contributed by atoms with E-state index in [9.17, 15) is 9.59 Å². The molecule has 2 N–H and O–H groups in total. The molecule has 0 saturated carbocycles. The predicted molar refractivity (Wildman–Crippen MR) is 59.3 cm³/mol. The molecule has 0 radical (unpaired) electrons. The van der Waals surface area contributed by atoms with Gasteiger partial charge >= 0.3 is 5.97 Å². The van der Waals surface area contributed by atoms with Gasteiger partial charge in [0.2, 0.25) is 5.91 Å². The number of amides is 1. The van der Waals surface area contributed by atoms with Gasteiger partial charge in [0.05, 0.1) is 5.56 Å². The summed E-state index contributed by atoms with van der Waals surface area (Å²) < 4.78 is 1.56. The monoisotopic (exact) mass is 224 g/mol. The summed E-state index contributed by atoms with van der Waals surface area (Å²) in [6.45, 7) is 4.07. The third-order valence-electron chi connectivity index (χ3n) is 2.34. The van der Waals surface area contributed by atoms with Crippen molar-refractivity contribution in [1.82, 2.24) is 9.88 Å². The first-order valence-corrected chi connectivity index (χ1v) is 5.21. The highest BCUT2D eigenvalue weighted by Gasteiger charge is 2.08. The molecule has 1 atom stereocenters. The second kappa shape index (κ2) is 5.34.